The number of esters is 1. The van der Waals surface area contributed by atoms with Crippen LogP contribution in [0.4, 0.5) is 0 Å². The van der Waals surface area contributed by atoms with Gasteiger partial charge in [-0.1, -0.05) is 29.4 Å². The van der Waals surface area contributed by atoms with E-state index < -0.39 is 0 Å². The molecule has 0 radical (unpaired) electrons. The SMILES string of the molecule is CCOc1cc([C@H]2C[C@H](OC(C)=O)CC[C@H]2NC(=O)c2nc(SC)ncc2Cl)ccc1OC. The molecule has 10 heteroatoms. The molecular formula is C23H28ClN3O5S. The van der Waals surface area contributed by atoms with Crippen LogP contribution in [0.15, 0.2) is 29.6 Å². The fraction of sp³-hybridized carbons (Fsp3) is 0.478. The van der Waals surface area contributed by atoms with Crippen LogP contribution >= 0.6 is 23.4 Å². The second kappa shape index (κ2) is 11.6. The van der Waals surface area contributed by atoms with Crippen LogP contribution in [0.1, 0.15) is 55.1 Å². The van der Waals surface area contributed by atoms with E-state index in [1.54, 1.807) is 7.11 Å². The number of rotatable bonds is 8. The molecule has 3 atom stereocenters. The van der Waals surface area contributed by atoms with Crippen molar-refractivity contribution in [1.29, 1.82) is 0 Å². The minimum atomic E-state index is -0.364. The van der Waals surface area contributed by atoms with Crippen LogP contribution in [0, 0.1) is 0 Å². The number of carbonyl (C=O) groups is 2. The number of aromatic nitrogens is 2. The highest BCUT2D eigenvalue weighted by Crippen LogP contribution is 2.39. The second-order valence-electron chi connectivity index (χ2n) is 7.63. The van der Waals surface area contributed by atoms with Crippen LogP contribution in [-0.4, -0.2) is 54.0 Å². The molecule has 178 valence electrons. The van der Waals surface area contributed by atoms with Crippen LogP contribution in [-0.2, 0) is 9.53 Å². The minimum absolute atomic E-state index is 0.113. The predicted octanol–water partition coefficient (Wildman–Crippen LogP) is 4.26. The monoisotopic (exact) mass is 493 g/mol. The van der Waals surface area contributed by atoms with Gasteiger partial charge in [-0.25, -0.2) is 9.97 Å². The fourth-order valence-electron chi connectivity index (χ4n) is 4.05. The number of thioether (sulfide) groups is 1. The third kappa shape index (κ3) is 6.29. The van der Waals surface area contributed by atoms with Crippen molar-refractivity contribution in [3.63, 3.8) is 0 Å². The lowest BCUT2D eigenvalue weighted by Crippen LogP contribution is -2.44. The van der Waals surface area contributed by atoms with E-state index in [2.05, 4.69) is 15.3 Å². The first-order valence-corrected chi connectivity index (χ1v) is 12.3. The molecule has 1 aromatic carbocycles. The Morgan fingerprint density at radius 1 is 1.27 bits per heavy atom. The maximum atomic E-state index is 13.1. The van der Waals surface area contributed by atoms with Crippen LogP contribution in [0.3, 0.4) is 0 Å². The van der Waals surface area contributed by atoms with Gasteiger partial charge in [0, 0.05) is 18.9 Å². The first-order valence-electron chi connectivity index (χ1n) is 10.7. The Bertz CT molecular complexity index is 1010. The molecule has 0 aliphatic heterocycles. The summed E-state index contributed by atoms with van der Waals surface area (Å²) in [6.07, 6.45) is 4.87. The Hall–Kier alpha value is -2.52. The number of nitrogens with zero attached hydrogens (tertiary/aromatic N) is 2. The van der Waals surface area contributed by atoms with Gasteiger partial charge in [-0.05, 0) is 50.1 Å². The van der Waals surface area contributed by atoms with Gasteiger partial charge >= 0.3 is 5.97 Å². The van der Waals surface area contributed by atoms with Gasteiger partial charge in [0.25, 0.3) is 5.91 Å². The van der Waals surface area contributed by atoms with Crippen LogP contribution in [0.5, 0.6) is 11.5 Å². The van der Waals surface area contributed by atoms with Crippen molar-refractivity contribution < 1.29 is 23.8 Å². The molecule has 0 unspecified atom stereocenters. The van der Waals surface area contributed by atoms with E-state index in [1.807, 2.05) is 31.4 Å². The van der Waals surface area contributed by atoms with Gasteiger partial charge in [0.2, 0.25) is 0 Å². The number of carbonyl (C=O) groups excluding carboxylic acids is 2. The number of amides is 1. The summed E-state index contributed by atoms with van der Waals surface area (Å²) >= 11 is 7.54. The number of benzene rings is 1. The lowest BCUT2D eigenvalue weighted by Gasteiger charge is -2.36. The summed E-state index contributed by atoms with van der Waals surface area (Å²) in [5, 5.41) is 3.76. The van der Waals surface area contributed by atoms with E-state index in [0.29, 0.717) is 42.5 Å². The lowest BCUT2D eigenvalue weighted by atomic mass is 9.78. The van der Waals surface area contributed by atoms with Crippen molar-refractivity contribution in [3.05, 3.63) is 40.7 Å². The van der Waals surface area contributed by atoms with Gasteiger partial charge < -0.3 is 19.5 Å². The molecule has 0 bridgehead atoms. The molecule has 1 aliphatic rings. The number of nitrogens with one attached hydrogen (secondary N) is 1. The summed E-state index contributed by atoms with van der Waals surface area (Å²) in [5.41, 5.74) is 1.10. The van der Waals surface area contributed by atoms with Crippen LogP contribution in [0.2, 0.25) is 5.02 Å². The zero-order valence-corrected chi connectivity index (χ0v) is 20.7. The smallest absolute Gasteiger partial charge is 0.302 e. The first kappa shape index (κ1) is 25.1. The summed E-state index contributed by atoms with van der Waals surface area (Å²) in [4.78, 5) is 33.0. The van der Waals surface area contributed by atoms with Crippen molar-refractivity contribution in [1.82, 2.24) is 15.3 Å². The van der Waals surface area contributed by atoms with Crippen molar-refractivity contribution >= 4 is 35.2 Å². The van der Waals surface area contributed by atoms with Crippen molar-refractivity contribution in [2.24, 2.45) is 0 Å². The molecule has 3 rings (SSSR count). The average Bonchev–Trinajstić information content (AvgIpc) is 2.80. The van der Waals surface area contributed by atoms with Gasteiger partial charge in [-0.2, -0.15) is 0 Å². The molecule has 2 aromatic rings. The van der Waals surface area contributed by atoms with Gasteiger partial charge in [0.05, 0.1) is 24.9 Å². The van der Waals surface area contributed by atoms with Gasteiger partial charge in [-0.3, -0.25) is 9.59 Å². The third-order valence-electron chi connectivity index (χ3n) is 5.49. The van der Waals surface area contributed by atoms with E-state index in [1.165, 1.54) is 24.9 Å². The minimum Gasteiger partial charge on any atom is -0.493 e. The summed E-state index contributed by atoms with van der Waals surface area (Å²) in [6, 6.07) is 5.51. The largest absolute Gasteiger partial charge is 0.493 e. The molecule has 1 amide bonds. The number of hydrogen-bond donors (Lipinski definition) is 1. The van der Waals surface area contributed by atoms with Crippen molar-refractivity contribution in [3.8, 4) is 11.5 Å². The molecular weight excluding hydrogens is 466 g/mol. The first-order chi connectivity index (χ1) is 15.9. The Morgan fingerprint density at radius 3 is 2.73 bits per heavy atom. The molecule has 8 nitrogen and oxygen atoms in total. The highest BCUT2D eigenvalue weighted by molar-refractivity contribution is 7.98. The summed E-state index contributed by atoms with van der Waals surface area (Å²) in [5.74, 6) is 0.463. The lowest BCUT2D eigenvalue weighted by molar-refractivity contribution is -0.148. The number of methoxy groups -OCH3 is 1. The van der Waals surface area contributed by atoms with E-state index in [9.17, 15) is 9.59 Å². The van der Waals surface area contributed by atoms with Crippen LogP contribution < -0.4 is 14.8 Å². The van der Waals surface area contributed by atoms with Gasteiger partial charge in [0.15, 0.2) is 22.3 Å². The highest BCUT2D eigenvalue weighted by atomic mass is 35.5. The fourth-order valence-corrected chi connectivity index (χ4v) is 4.57. The second-order valence-corrected chi connectivity index (χ2v) is 8.81. The topological polar surface area (TPSA) is 99.6 Å². The van der Waals surface area contributed by atoms with E-state index in [0.717, 1.165) is 5.56 Å². The van der Waals surface area contributed by atoms with Crippen LogP contribution in [0.25, 0.3) is 0 Å². The zero-order valence-electron chi connectivity index (χ0n) is 19.1. The molecule has 1 fully saturated rings. The number of halogens is 1. The molecule has 33 heavy (non-hydrogen) atoms. The van der Waals surface area contributed by atoms with Gasteiger partial charge in [0.1, 0.15) is 6.10 Å². The number of hydrogen-bond acceptors (Lipinski definition) is 8. The average molecular weight is 494 g/mol. The number of ether oxygens (including phenoxy) is 3. The van der Waals surface area contributed by atoms with E-state index in [-0.39, 0.29) is 40.7 Å². The van der Waals surface area contributed by atoms with Crippen molar-refractivity contribution in [2.75, 3.05) is 20.0 Å². The molecule has 1 saturated carbocycles. The zero-order chi connectivity index (χ0) is 24.0. The molecule has 1 N–H and O–H groups in total. The molecule has 0 spiro atoms. The highest BCUT2D eigenvalue weighted by Gasteiger charge is 2.35. The normalized spacial score (nSPS) is 20.1. The summed E-state index contributed by atoms with van der Waals surface area (Å²) in [6.45, 7) is 3.80. The molecule has 1 heterocycles. The Morgan fingerprint density at radius 2 is 2.06 bits per heavy atom. The predicted molar refractivity (Wildman–Crippen MR) is 126 cm³/mol. The summed E-state index contributed by atoms with van der Waals surface area (Å²) < 4.78 is 16.6. The Balaban J connectivity index is 1.90. The molecule has 0 saturated heterocycles. The maximum absolute atomic E-state index is 13.1. The van der Waals surface area contributed by atoms with Gasteiger partial charge in [-0.15, -0.1) is 0 Å². The Labute approximate surface area is 202 Å². The molecule has 1 aliphatic carbocycles. The van der Waals surface area contributed by atoms with E-state index in [4.69, 9.17) is 25.8 Å². The standard InChI is InChI=1S/C23H28ClN3O5S/c1-5-31-20-10-14(6-9-19(20)30-3)16-11-15(32-13(2)28)7-8-18(16)26-22(29)21-17(24)12-25-23(27-21)33-4/h6,9-10,12,15-16,18H,5,7-8,11H2,1-4H3,(H,26,29)/t15-,16-,18-/m1/s1. The molecule has 1 aromatic heterocycles. The van der Waals surface area contributed by atoms with E-state index >= 15 is 0 Å². The quantitative estimate of drug-likeness (QED) is 0.331. The Kier molecular flexibility index (Phi) is 8.80. The maximum Gasteiger partial charge on any atom is 0.302 e. The third-order valence-corrected chi connectivity index (χ3v) is 6.33. The summed E-state index contributed by atoms with van der Waals surface area (Å²) in [7, 11) is 1.59. The van der Waals surface area contributed by atoms with Crippen molar-refractivity contribution in [2.45, 2.75) is 56.3 Å².